The maximum Gasteiger partial charge on any atom is 0.490 e. The van der Waals surface area contributed by atoms with Gasteiger partial charge >= 0.3 is 24.3 Å². The fourth-order valence-electron chi connectivity index (χ4n) is 4.24. The van der Waals surface area contributed by atoms with E-state index in [-0.39, 0.29) is 5.60 Å². The quantitative estimate of drug-likeness (QED) is 0.524. The molecule has 3 heterocycles. The third kappa shape index (κ3) is 11.1. The maximum atomic E-state index is 10.6. The van der Waals surface area contributed by atoms with Gasteiger partial charge in [0.1, 0.15) is 0 Å². The number of likely N-dealkylation sites (tertiary alicyclic amines) is 1. The Labute approximate surface area is 226 Å². The van der Waals surface area contributed by atoms with Gasteiger partial charge in [0.05, 0.1) is 18.4 Å². The highest BCUT2D eigenvalue weighted by molar-refractivity contribution is 5.73. The highest BCUT2D eigenvalue weighted by Gasteiger charge is 2.40. The molecule has 0 unspecified atom stereocenters. The van der Waals surface area contributed by atoms with Crippen LogP contribution in [0.5, 0.6) is 0 Å². The van der Waals surface area contributed by atoms with Gasteiger partial charge in [-0.25, -0.2) is 9.59 Å². The second kappa shape index (κ2) is 13.9. The number of carbonyl (C=O) groups is 2. The molecule has 2 aromatic rings. The standard InChI is InChI=1S/C21H30N4O.2C2HF3O2/c1-18-3-5-19(6-4-18)15-25-11-12-26-21(17-25)7-9-24(10-8-21)16-20-13-22-23(2)14-20;2*3-2(4,5)1(6)7/h3-6,13-14H,7-12,15-17H2,1-2H3;2*(H,6,7). The number of piperidine rings is 1. The number of ether oxygens (including phenoxy) is 1. The van der Waals surface area contributed by atoms with Gasteiger partial charge in [0, 0.05) is 58.1 Å². The summed E-state index contributed by atoms with van der Waals surface area (Å²) in [5.41, 5.74) is 4.08. The third-order valence-electron chi connectivity index (χ3n) is 6.27. The molecule has 1 aromatic heterocycles. The molecular weight excluding hydrogens is 550 g/mol. The fraction of sp³-hybridized carbons (Fsp3) is 0.560. The zero-order valence-electron chi connectivity index (χ0n) is 22.0. The number of hydrogen-bond acceptors (Lipinski definition) is 6. The monoisotopic (exact) mass is 582 g/mol. The number of aryl methyl sites for hydroxylation is 2. The van der Waals surface area contributed by atoms with E-state index in [1.54, 1.807) is 0 Å². The Hall–Kier alpha value is -3.17. The molecule has 15 heteroatoms. The lowest BCUT2D eigenvalue weighted by Gasteiger charge is -2.47. The number of aromatic nitrogens is 2. The molecule has 40 heavy (non-hydrogen) atoms. The molecule has 0 bridgehead atoms. The molecule has 0 saturated carbocycles. The molecule has 0 amide bonds. The molecule has 0 radical (unpaired) electrons. The lowest BCUT2D eigenvalue weighted by Crippen LogP contribution is -2.56. The first-order valence-corrected chi connectivity index (χ1v) is 12.2. The van der Waals surface area contributed by atoms with Crippen molar-refractivity contribution in [1.82, 2.24) is 19.6 Å². The van der Waals surface area contributed by atoms with Crippen LogP contribution in [-0.2, 0) is 34.5 Å². The first-order valence-electron chi connectivity index (χ1n) is 12.2. The van der Waals surface area contributed by atoms with Gasteiger partial charge in [-0.2, -0.15) is 31.4 Å². The van der Waals surface area contributed by atoms with E-state index in [2.05, 4.69) is 52.3 Å². The molecule has 1 spiro atoms. The first-order chi connectivity index (χ1) is 18.5. The largest absolute Gasteiger partial charge is 0.490 e. The normalized spacial score (nSPS) is 17.8. The molecule has 9 nitrogen and oxygen atoms in total. The SMILES string of the molecule is Cc1ccc(CN2CCOC3(CCN(Cc4cnn(C)c4)CC3)C2)cc1.O=C(O)C(F)(F)F.O=C(O)C(F)(F)F. The Bertz CT molecular complexity index is 1070. The van der Waals surface area contributed by atoms with E-state index >= 15 is 0 Å². The van der Waals surface area contributed by atoms with Gasteiger partial charge in [0.25, 0.3) is 0 Å². The van der Waals surface area contributed by atoms with Crippen LogP contribution in [-0.4, -0.2) is 92.5 Å². The van der Waals surface area contributed by atoms with Gasteiger partial charge in [-0.3, -0.25) is 14.5 Å². The number of alkyl halides is 6. The number of carboxylic acid groups (broad SMARTS) is 2. The summed E-state index contributed by atoms with van der Waals surface area (Å²) < 4.78 is 71.7. The first kappa shape index (κ1) is 33.0. The van der Waals surface area contributed by atoms with Gasteiger partial charge in [-0.05, 0) is 25.3 Å². The Morgan fingerprint density at radius 3 is 1.85 bits per heavy atom. The molecule has 2 N–H and O–H groups in total. The van der Waals surface area contributed by atoms with Crippen LogP contribution < -0.4 is 0 Å². The van der Waals surface area contributed by atoms with E-state index in [0.717, 1.165) is 58.7 Å². The van der Waals surface area contributed by atoms with Crippen molar-refractivity contribution < 1.29 is 50.9 Å². The van der Waals surface area contributed by atoms with Crippen molar-refractivity contribution in [3.63, 3.8) is 0 Å². The Morgan fingerprint density at radius 1 is 0.900 bits per heavy atom. The van der Waals surface area contributed by atoms with Gasteiger partial charge in [0.15, 0.2) is 0 Å². The minimum atomic E-state index is -5.08. The van der Waals surface area contributed by atoms with Crippen molar-refractivity contribution in [2.45, 2.75) is 50.8 Å². The average molecular weight is 583 g/mol. The van der Waals surface area contributed by atoms with Crippen molar-refractivity contribution in [2.24, 2.45) is 7.05 Å². The molecular formula is C25H32F6N4O5. The topological polar surface area (TPSA) is 108 Å². The van der Waals surface area contributed by atoms with Crippen LogP contribution in [0.1, 0.15) is 29.5 Å². The van der Waals surface area contributed by atoms with Crippen molar-refractivity contribution in [2.75, 3.05) is 32.8 Å². The van der Waals surface area contributed by atoms with Gasteiger partial charge in [-0.15, -0.1) is 0 Å². The smallest absolute Gasteiger partial charge is 0.475 e. The molecule has 0 atom stereocenters. The lowest BCUT2D eigenvalue weighted by molar-refractivity contribution is -0.193. The van der Waals surface area contributed by atoms with Crippen LogP contribution in [0.25, 0.3) is 0 Å². The fourth-order valence-corrected chi connectivity index (χ4v) is 4.24. The van der Waals surface area contributed by atoms with Crippen molar-refractivity contribution in [3.8, 4) is 0 Å². The van der Waals surface area contributed by atoms with Crippen molar-refractivity contribution >= 4 is 11.9 Å². The Kier molecular flexibility index (Phi) is 11.5. The Morgan fingerprint density at radius 2 is 1.40 bits per heavy atom. The van der Waals surface area contributed by atoms with Crippen LogP contribution in [0, 0.1) is 6.92 Å². The average Bonchev–Trinajstić information content (AvgIpc) is 3.26. The molecule has 4 rings (SSSR count). The summed E-state index contributed by atoms with van der Waals surface area (Å²) in [5, 5.41) is 18.5. The minimum absolute atomic E-state index is 0.0500. The highest BCUT2D eigenvalue weighted by atomic mass is 19.4. The Balaban J connectivity index is 0.000000333. The van der Waals surface area contributed by atoms with Crippen LogP contribution in [0.4, 0.5) is 26.3 Å². The predicted molar refractivity (Wildman–Crippen MR) is 130 cm³/mol. The molecule has 1 aromatic carbocycles. The van der Waals surface area contributed by atoms with Crippen molar-refractivity contribution in [3.05, 3.63) is 53.3 Å². The number of benzene rings is 1. The molecule has 2 aliphatic heterocycles. The minimum Gasteiger partial charge on any atom is -0.475 e. The van der Waals surface area contributed by atoms with E-state index in [9.17, 15) is 26.3 Å². The van der Waals surface area contributed by atoms with Gasteiger partial charge in [-0.1, -0.05) is 29.8 Å². The number of morpholine rings is 1. The van der Waals surface area contributed by atoms with Crippen LogP contribution >= 0.6 is 0 Å². The molecule has 2 aliphatic rings. The van der Waals surface area contributed by atoms with E-state index in [1.807, 2.05) is 17.9 Å². The third-order valence-corrected chi connectivity index (χ3v) is 6.27. The number of carboxylic acids is 2. The number of nitrogens with zero attached hydrogens (tertiary/aromatic N) is 4. The van der Waals surface area contributed by atoms with Crippen molar-refractivity contribution in [1.29, 1.82) is 0 Å². The van der Waals surface area contributed by atoms with Gasteiger partial charge < -0.3 is 14.9 Å². The van der Waals surface area contributed by atoms with E-state index in [0.29, 0.717) is 0 Å². The number of aliphatic carboxylic acids is 2. The summed E-state index contributed by atoms with van der Waals surface area (Å²) in [6.45, 7) is 9.33. The van der Waals surface area contributed by atoms with Gasteiger partial charge in [0.2, 0.25) is 0 Å². The maximum absolute atomic E-state index is 10.6. The summed E-state index contributed by atoms with van der Waals surface area (Å²) in [7, 11) is 1.98. The van der Waals surface area contributed by atoms with E-state index in [4.69, 9.17) is 24.5 Å². The molecule has 2 saturated heterocycles. The summed E-state index contributed by atoms with van der Waals surface area (Å²) in [4.78, 5) is 22.9. The predicted octanol–water partition coefficient (Wildman–Crippen LogP) is 3.86. The number of halogens is 6. The van der Waals surface area contributed by atoms with E-state index < -0.39 is 24.3 Å². The van der Waals surface area contributed by atoms with E-state index in [1.165, 1.54) is 16.7 Å². The molecule has 224 valence electrons. The van der Waals surface area contributed by atoms with Crippen LogP contribution in [0.2, 0.25) is 0 Å². The second-order valence-electron chi connectivity index (χ2n) is 9.63. The second-order valence-corrected chi connectivity index (χ2v) is 9.63. The zero-order chi connectivity index (χ0) is 30.1. The highest BCUT2D eigenvalue weighted by Crippen LogP contribution is 2.31. The summed E-state index contributed by atoms with van der Waals surface area (Å²) >= 11 is 0. The molecule has 2 fully saturated rings. The number of rotatable bonds is 4. The summed E-state index contributed by atoms with van der Waals surface area (Å²) in [6, 6.07) is 8.94. The van der Waals surface area contributed by atoms with Crippen LogP contribution in [0.3, 0.4) is 0 Å². The van der Waals surface area contributed by atoms with Crippen LogP contribution in [0.15, 0.2) is 36.7 Å². The lowest BCUT2D eigenvalue weighted by atomic mass is 9.89. The summed E-state index contributed by atoms with van der Waals surface area (Å²) in [6.07, 6.45) is -3.83. The molecule has 0 aliphatic carbocycles. The zero-order valence-corrected chi connectivity index (χ0v) is 22.0. The summed E-state index contributed by atoms with van der Waals surface area (Å²) in [5.74, 6) is -5.51. The number of hydrogen-bond donors (Lipinski definition) is 2.